The van der Waals surface area contributed by atoms with Crippen molar-refractivity contribution in [2.24, 2.45) is 11.8 Å². The number of hydrogen-bond donors (Lipinski definition) is 3. The third kappa shape index (κ3) is 6.04. The zero-order chi connectivity index (χ0) is 19.4. The summed E-state index contributed by atoms with van der Waals surface area (Å²) in [5.41, 5.74) is 0.00172. The molecule has 0 unspecified atom stereocenters. The highest BCUT2D eigenvalue weighted by molar-refractivity contribution is 6.31. The average molecular weight is 390 g/mol. The van der Waals surface area contributed by atoms with Gasteiger partial charge in [-0.1, -0.05) is 11.6 Å². The molecule has 0 aliphatic heterocycles. The summed E-state index contributed by atoms with van der Waals surface area (Å²) in [6.07, 6.45) is -4.08. The Morgan fingerprint density at radius 2 is 1.68 bits per heavy atom. The van der Waals surface area contributed by atoms with E-state index < -0.39 is 40.7 Å². The van der Waals surface area contributed by atoms with Gasteiger partial charge in [0.15, 0.2) is 5.82 Å². The number of benzene rings is 1. The second-order valence-corrected chi connectivity index (χ2v) is 5.67. The lowest BCUT2D eigenvalue weighted by Gasteiger charge is -2.36. The van der Waals surface area contributed by atoms with Crippen LogP contribution in [-0.2, 0) is 9.59 Å². The molecular weight excluding hydrogens is 377 g/mol. The fourth-order valence-electron chi connectivity index (χ4n) is 2.09. The van der Waals surface area contributed by atoms with Gasteiger partial charge in [-0.3, -0.25) is 0 Å². The van der Waals surface area contributed by atoms with E-state index >= 15 is 0 Å². The van der Waals surface area contributed by atoms with Gasteiger partial charge in [0.05, 0.1) is 11.6 Å². The van der Waals surface area contributed by atoms with Crippen LogP contribution in [0.15, 0.2) is 12.1 Å². The molecular formula is C14H13ClF5NO4. The van der Waals surface area contributed by atoms with Crippen LogP contribution in [0.1, 0.15) is 12.8 Å². The molecule has 25 heavy (non-hydrogen) atoms. The Hall–Kier alpha value is -2.10. The molecule has 1 fully saturated rings. The molecule has 0 heterocycles. The lowest BCUT2D eigenvalue weighted by atomic mass is 9.74. The number of halogens is 6. The maximum atomic E-state index is 13.5. The summed E-state index contributed by atoms with van der Waals surface area (Å²) in [5, 5.41) is 16.8. The van der Waals surface area contributed by atoms with Gasteiger partial charge >= 0.3 is 18.1 Å². The van der Waals surface area contributed by atoms with Crippen LogP contribution in [0, 0.1) is 23.5 Å². The van der Waals surface area contributed by atoms with Gasteiger partial charge in [0.1, 0.15) is 10.8 Å². The van der Waals surface area contributed by atoms with Gasteiger partial charge in [0.25, 0.3) is 0 Å². The number of carboxylic acids is 2. The van der Waals surface area contributed by atoms with E-state index in [0.717, 1.165) is 6.07 Å². The van der Waals surface area contributed by atoms with Gasteiger partial charge in [-0.05, 0) is 30.9 Å². The highest BCUT2D eigenvalue weighted by Gasteiger charge is 2.47. The van der Waals surface area contributed by atoms with Gasteiger partial charge in [-0.25, -0.2) is 18.4 Å². The molecule has 1 aliphatic carbocycles. The molecule has 5 nitrogen and oxygen atoms in total. The minimum absolute atomic E-state index is 0.00172. The maximum absolute atomic E-state index is 13.5. The molecule has 0 radical (unpaired) electrons. The summed E-state index contributed by atoms with van der Waals surface area (Å²) in [5.74, 6) is -6.86. The summed E-state index contributed by atoms with van der Waals surface area (Å²) in [4.78, 5) is 18.2. The molecule has 0 spiro atoms. The lowest BCUT2D eigenvalue weighted by molar-refractivity contribution is -0.203. The summed E-state index contributed by atoms with van der Waals surface area (Å²) in [7, 11) is 0. The number of hydrogen-bond acceptors (Lipinski definition) is 3. The van der Waals surface area contributed by atoms with E-state index in [9.17, 15) is 22.0 Å². The van der Waals surface area contributed by atoms with Crippen LogP contribution < -0.4 is 5.32 Å². The fourth-order valence-corrected chi connectivity index (χ4v) is 2.25. The Balaban J connectivity index is 0.000000450. The second kappa shape index (κ2) is 8.32. The molecule has 140 valence electrons. The lowest BCUT2D eigenvalue weighted by Crippen LogP contribution is -2.38. The van der Waals surface area contributed by atoms with Gasteiger partial charge in [0.2, 0.25) is 0 Å². The third-order valence-corrected chi connectivity index (χ3v) is 3.84. The predicted molar refractivity (Wildman–Crippen MR) is 77.4 cm³/mol. The number of aliphatic carboxylic acids is 2. The van der Waals surface area contributed by atoms with Crippen molar-refractivity contribution in [1.29, 1.82) is 0 Å². The molecule has 0 atom stereocenters. The number of rotatable bonds is 3. The monoisotopic (exact) mass is 389 g/mol. The maximum Gasteiger partial charge on any atom is 0.414 e. The van der Waals surface area contributed by atoms with Crippen molar-refractivity contribution < 1.29 is 41.8 Å². The van der Waals surface area contributed by atoms with E-state index in [4.69, 9.17) is 31.4 Å². The SMILES string of the molecule is Fc1ccc(NC[C@H]2C[C@H](C(F)(F)F)C2)c(F)c1Cl.O=C(O)C(=O)O. The van der Waals surface area contributed by atoms with Gasteiger partial charge in [-0.2, -0.15) is 13.2 Å². The normalized spacial score (nSPS) is 19.3. The molecule has 3 N–H and O–H groups in total. The largest absolute Gasteiger partial charge is 0.473 e. The molecule has 1 aliphatic rings. The van der Waals surface area contributed by atoms with Crippen LogP contribution in [-0.4, -0.2) is 34.9 Å². The Morgan fingerprint density at radius 1 is 1.16 bits per heavy atom. The zero-order valence-electron chi connectivity index (χ0n) is 12.4. The van der Waals surface area contributed by atoms with Crippen LogP contribution in [0.3, 0.4) is 0 Å². The van der Waals surface area contributed by atoms with Gasteiger partial charge < -0.3 is 15.5 Å². The first-order valence-corrected chi connectivity index (χ1v) is 7.21. The molecule has 11 heteroatoms. The van der Waals surface area contributed by atoms with Crippen molar-refractivity contribution in [2.45, 2.75) is 19.0 Å². The first kappa shape index (κ1) is 20.9. The predicted octanol–water partition coefficient (Wildman–Crippen LogP) is 3.77. The molecule has 0 aromatic heterocycles. The van der Waals surface area contributed by atoms with Crippen LogP contribution in [0.2, 0.25) is 5.02 Å². The third-order valence-electron chi connectivity index (χ3n) is 3.50. The molecule has 0 bridgehead atoms. The van der Waals surface area contributed by atoms with Crippen LogP contribution in [0.25, 0.3) is 0 Å². The van der Waals surface area contributed by atoms with Crippen molar-refractivity contribution in [3.05, 3.63) is 28.8 Å². The zero-order valence-corrected chi connectivity index (χ0v) is 13.2. The van der Waals surface area contributed by atoms with Crippen LogP contribution in [0.5, 0.6) is 0 Å². The highest BCUT2D eigenvalue weighted by atomic mass is 35.5. The Morgan fingerprint density at radius 3 is 2.12 bits per heavy atom. The Kier molecular flexibility index (Phi) is 6.97. The molecule has 0 amide bonds. The molecule has 1 aromatic rings. The first-order chi connectivity index (χ1) is 11.4. The number of nitrogens with one attached hydrogen (secondary N) is 1. The minimum atomic E-state index is -4.15. The molecule has 2 rings (SSSR count). The highest BCUT2D eigenvalue weighted by Crippen LogP contribution is 2.44. The van der Waals surface area contributed by atoms with E-state index in [0.29, 0.717) is 0 Å². The topological polar surface area (TPSA) is 86.6 Å². The summed E-state index contributed by atoms with van der Waals surface area (Å²) in [6.45, 7) is 0.214. The van der Waals surface area contributed by atoms with E-state index in [-0.39, 0.29) is 31.0 Å². The molecule has 0 saturated heterocycles. The van der Waals surface area contributed by atoms with E-state index in [1.54, 1.807) is 0 Å². The number of alkyl halides is 3. The molecule has 1 saturated carbocycles. The minimum Gasteiger partial charge on any atom is -0.473 e. The Labute approximate surface area is 143 Å². The van der Waals surface area contributed by atoms with E-state index in [1.165, 1.54) is 6.07 Å². The van der Waals surface area contributed by atoms with E-state index in [2.05, 4.69) is 5.32 Å². The van der Waals surface area contributed by atoms with Crippen molar-refractivity contribution in [1.82, 2.24) is 0 Å². The first-order valence-electron chi connectivity index (χ1n) is 6.83. The molecule has 1 aromatic carbocycles. The van der Waals surface area contributed by atoms with Crippen molar-refractivity contribution >= 4 is 29.2 Å². The van der Waals surface area contributed by atoms with Crippen molar-refractivity contribution in [3.63, 3.8) is 0 Å². The van der Waals surface area contributed by atoms with Gasteiger partial charge in [0, 0.05) is 6.54 Å². The number of carboxylic acid groups (broad SMARTS) is 2. The van der Waals surface area contributed by atoms with Crippen molar-refractivity contribution in [3.8, 4) is 0 Å². The van der Waals surface area contributed by atoms with Crippen LogP contribution in [0.4, 0.5) is 27.6 Å². The quantitative estimate of drug-likeness (QED) is 0.416. The average Bonchev–Trinajstić information content (AvgIpc) is 2.44. The Bertz CT molecular complexity index is 635. The summed E-state index contributed by atoms with van der Waals surface area (Å²) >= 11 is 5.39. The van der Waals surface area contributed by atoms with Crippen LogP contribution >= 0.6 is 11.6 Å². The van der Waals surface area contributed by atoms with Crippen molar-refractivity contribution in [2.75, 3.05) is 11.9 Å². The number of carbonyl (C=O) groups is 2. The number of anilines is 1. The fraction of sp³-hybridized carbons (Fsp3) is 0.429. The smallest absolute Gasteiger partial charge is 0.414 e. The standard InChI is InChI=1S/C12H11ClF5N.C2H2O4/c13-10-8(14)1-2-9(11(10)15)19-5-6-3-7(4-6)12(16,17)18;3-1(4)2(5)6/h1-2,6-7,19H,3-5H2;(H,3,4)(H,5,6)/t6-,7-;. The second-order valence-electron chi connectivity index (χ2n) is 5.29. The van der Waals surface area contributed by atoms with E-state index in [1.807, 2.05) is 0 Å². The summed E-state index contributed by atoms with van der Waals surface area (Å²) < 4.78 is 63.2. The van der Waals surface area contributed by atoms with Gasteiger partial charge in [-0.15, -0.1) is 0 Å². The summed E-state index contributed by atoms with van der Waals surface area (Å²) in [6, 6.07) is 2.18.